The topological polar surface area (TPSA) is 46.9 Å². The normalized spacial score (nSPS) is 18.5. The lowest BCUT2D eigenvalue weighted by atomic mass is 10.1. The highest BCUT2D eigenvalue weighted by Crippen LogP contribution is 2.47. The minimum atomic E-state index is -0.246. The van der Waals surface area contributed by atoms with Crippen molar-refractivity contribution < 1.29 is 9.18 Å². The molecule has 0 radical (unpaired) electrons. The van der Waals surface area contributed by atoms with Crippen molar-refractivity contribution in [2.24, 2.45) is 5.92 Å². The quantitative estimate of drug-likeness (QED) is 0.740. The fourth-order valence-electron chi connectivity index (χ4n) is 3.33. The molecule has 1 saturated carbocycles. The van der Waals surface area contributed by atoms with E-state index >= 15 is 0 Å². The Morgan fingerprint density at radius 3 is 2.62 bits per heavy atom. The molecule has 0 bridgehead atoms. The number of nitrogens with one attached hydrogen (secondary N) is 1. The van der Waals surface area contributed by atoms with Crippen LogP contribution in [0.2, 0.25) is 0 Å². The zero-order valence-electron chi connectivity index (χ0n) is 14.3. The number of hydrogen-bond acceptors (Lipinski definition) is 2. The number of nitrogens with zero attached hydrogens (tertiary/aromatic N) is 2. The first-order valence-electron chi connectivity index (χ1n) is 8.78. The zero-order chi connectivity index (χ0) is 17.9. The van der Waals surface area contributed by atoms with E-state index in [-0.39, 0.29) is 23.6 Å². The summed E-state index contributed by atoms with van der Waals surface area (Å²) < 4.78 is 14.9. The summed E-state index contributed by atoms with van der Waals surface area (Å²) in [5, 5.41) is 7.29. The summed E-state index contributed by atoms with van der Waals surface area (Å²) in [6.07, 6.45) is 4.51. The van der Waals surface area contributed by atoms with Gasteiger partial charge in [0.1, 0.15) is 5.82 Å². The van der Waals surface area contributed by atoms with Crippen LogP contribution in [0.1, 0.15) is 29.0 Å². The standard InChI is InChI=1S/C21H20FN3O/c22-18-8-6-15(7-9-18)19-12-20(19)21(26)23-13-16-4-1-2-5-17(16)14-25-11-3-10-24-25/h1-11,19-20H,12-14H2,(H,23,26)/t19-,20-/m1/s1. The van der Waals surface area contributed by atoms with Gasteiger partial charge in [-0.05, 0) is 47.2 Å². The second-order valence-electron chi connectivity index (χ2n) is 6.69. The molecule has 1 aliphatic carbocycles. The number of carbonyl (C=O) groups is 1. The number of rotatable bonds is 6. The molecular weight excluding hydrogens is 329 g/mol. The van der Waals surface area contributed by atoms with Gasteiger partial charge >= 0.3 is 0 Å². The van der Waals surface area contributed by atoms with Crippen molar-refractivity contribution in [1.82, 2.24) is 15.1 Å². The van der Waals surface area contributed by atoms with Crippen molar-refractivity contribution in [3.8, 4) is 0 Å². The molecule has 1 fully saturated rings. The Labute approximate surface area is 151 Å². The van der Waals surface area contributed by atoms with Gasteiger partial charge in [0.15, 0.2) is 0 Å². The first kappa shape index (κ1) is 16.5. The summed E-state index contributed by atoms with van der Waals surface area (Å²) >= 11 is 0. The summed E-state index contributed by atoms with van der Waals surface area (Å²) in [7, 11) is 0. The Hall–Kier alpha value is -2.95. The Kier molecular flexibility index (Phi) is 4.52. The second-order valence-corrected chi connectivity index (χ2v) is 6.69. The molecule has 4 rings (SSSR count). The van der Waals surface area contributed by atoms with Crippen LogP contribution in [-0.4, -0.2) is 15.7 Å². The molecular formula is C21H20FN3O. The smallest absolute Gasteiger partial charge is 0.224 e. The number of aromatic nitrogens is 2. The molecule has 3 aromatic rings. The molecule has 1 amide bonds. The monoisotopic (exact) mass is 349 g/mol. The fraction of sp³-hybridized carbons (Fsp3) is 0.238. The molecule has 0 aliphatic heterocycles. The third-order valence-corrected chi connectivity index (χ3v) is 4.89. The third-order valence-electron chi connectivity index (χ3n) is 4.89. The fourth-order valence-corrected chi connectivity index (χ4v) is 3.33. The van der Waals surface area contributed by atoms with Crippen LogP contribution < -0.4 is 5.32 Å². The minimum absolute atomic E-state index is 0.0151. The lowest BCUT2D eigenvalue weighted by molar-refractivity contribution is -0.122. The first-order chi connectivity index (χ1) is 12.7. The van der Waals surface area contributed by atoms with Crippen molar-refractivity contribution >= 4 is 5.91 Å². The van der Waals surface area contributed by atoms with E-state index in [0.717, 1.165) is 23.1 Å². The van der Waals surface area contributed by atoms with Crippen LogP contribution in [-0.2, 0) is 17.9 Å². The Morgan fingerprint density at radius 2 is 1.88 bits per heavy atom. The molecule has 0 unspecified atom stereocenters. The van der Waals surface area contributed by atoms with Crippen LogP contribution in [0.15, 0.2) is 67.0 Å². The van der Waals surface area contributed by atoms with Gasteiger partial charge in [0, 0.05) is 24.9 Å². The number of benzene rings is 2. The van der Waals surface area contributed by atoms with Gasteiger partial charge in [-0.15, -0.1) is 0 Å². The highest BCUT2D eigenvalue weighted by atomic mass is 19.1. The second kappa shape index (κ2) is 7.12. The Balaban J connectivity index is 1.36. The van der Waals surface area contributed by atoms with E-state index in [1.165, 1.54) is 12.1 Å². The van der Waals surface area contributed by atoms with E-state index in [4.69, 9.17) is 0 Å². The van der Waals surface area contributed by atoms with Crippen LogP contribution in [0.25, 0.3) is 0 Å². The molecule has 0 spiro atoms. The van der Waals surface area contributed by atoms with Gasteiger partial charge in [-0.2, -0.15) is 5.10 Å². The summed E-state index contributed by atoms with van der Waals surface area (Å²) in [6.45, 7) is 1.18. The van der Waals surface area contributed by atoms with E-state index in [2.05, 4.69) is 16.5 Å². The summed E-state index contributed by atoms with van der Waals surface area (Å²) in [4.78, 5) is 12.5. The van der Waals surface area contributed by atoms with E-state index in [1.807, 2.05) is 35.1 Å². The van der Waals surface area contributed by atoms with Gasteiger partial charge in [-0.1, -0.05) is 36.4 Å². The summed E-state index contributed by atoms with van der Waals surface area (Å²) in [5.41, 5.74) is 3.27. The van der Waals surface area contributed by atoms with Crippen molar-refractivity contribution in [2.45, 2.75) is 25.4 Å². The number of carbonyl (C=O) groups excluding carboxylic acids is 1. The molecule has 1 aromatic heterocycles. The maximum absolute atomic E-state index is 13.0. The maximum Gasteiger partial charge on any atom is 0.224 e. The Morgan fingerprint density at radius 1 is 1.12 bits per heavy atom. The highest BCUT2D eigenvalue weighted by molar-refractivity contribution is 5.82. The number of amides is 1. The van der Waals surface area contributed by atoms with Crippen molar-refractivity contribution in [3.63, 3.8) is 0 Å². The molecule has 2 atom stereocenters. The molecule has 1 heterocycles. The molecule has 2 aromatic carbocycles. The average Bonchev–Trinajstić information content (AvgIpc) is 3.30. The lowest BCUT2D eigenvalue weighted by Crippen LogP contribution is -2.25. The molecule has 1 aliphatic rings. The molecule has 1 N–H and O–H groups in total. The average molecular weight is 349 g/mol. The van der Waals surface area contributed by atoms with Crippen molar-refractivity contribution in [2.75, 3.05) is 0 Å². The van der Waals surface area contributed by atoms with Crippen LogP contribution in [0.5, 0.6) is 0 Å². The number of hydrogen-bond donors (Lipinski definition) is 1. The molecule has 26 heavy (non-hydrogen) atoms. The van der Waals surface area contributed by atoms with Gasteiger partial charge in [0.25, 0.3) is 0 Å². The molecule has 5 heteroatoms. The van der Waals surface area contributed by atoms with Crippen LogP contribution in [0, 0.1) is 11.7 Å². The third kappa shape index (κ3) is 3.67. The van der Waals surface area contributed by atoms with Gasteiger partial charge in [-0.3, -0.25) is 9.48 Å². The first-order valence-corrected chi connectivity index (χ1v) is 8.78. The molecule has 0 saturated heterocycles. The minimum Gasteiger partial charge on any atom is -0.352 e. The highest BCUT2D eigenvalue weighted by Gasteiger charge is 2.43. The Bertz CT molecular complexity index is 890. The predicted molar refractivity (Wildman–Crippen MR) is 96.9 cm³/mol. The summed E-state index contributed by atoms with van der Waals surface area (Å²) in [5.74, 6) is 0.00562. The predicted octanol–water partition coefficient (Wildman–Crippen LogP) is 3.49. The molecule has 132 valence electrons. The van der Waals surface area contributed by atoms with E-state index in [9.17, 15) is 9.18 Å². The van der Waals surface area contributed by atoms with Crippen LogP contribution in [0.3, 0.4) is 0 Å². The van der Waals surface area contributed by atoms with E-state index < -0.39 is 0 Å². The van der Waals surface area contributed by atoms with E-state index in [1.54, 1.807) is 18.3 Å². The van der Waals surface area contributed by atoms with Gasteiger partial charge in [-0.25, -0.2) is 4.39 Å². The van der Waals surface area contributed by atoms with Gasteiger partial charge < -0.3 is 5.32 Å². The maximum atomic E-state index is 13.0. The molecule has 4 nitrogen and oxygen atoms in total. The largest absolute Gasteiger partial charge is 0.352 e. The SMILES string of the molecule is O=C(NCc1ccccc1Cn1cccn1)[C@@H]1C[C@@H]1c1ccc(F)cc1. The van der Waals surface area contributed by atoms with Crippen molar-refractivity contribution in [3.05, 3.63) is 89.5 Å². The van der Waals surface area contributed by atoms with Crippen molar-refractivity contribution in [1.29, 1.82) is 0 Å². The number of halogens is 1. The zero-order valence-corrected chi connectivity index (χ0v) is 14.3. The van der Waals surface area contributed by atoms with Crippen LogP contribution in [0.4, 0.5) is 4.39 Å². The van der Waals surface area contributed by atoms with E-state index in [0.29, 0.717) is 13.1 Å². The van der Waals surface area contributed by atoms with Crippen LogP contribution >= 0.6 is 0 Å². The van der Waals surface area contributed by atoms with Gasteiger partial charge in [0.05, 0.1) is 6.54 Å². The van der Waals surface area contributed by atoms with Gasteiger partial charge in [0.2, 0.25) is 5.91 Å². The lowest BCUT2D eigenvalue weighted by Gasteiger charge is -2.11. The summed E-state index contributed by atoms with van der Waals surface area (Å²) in [6, 6.07) is 16.4.